The molecule has 1 amide bonds. The van der Waals surface area contributed by atoms with Gasteiger partial charge in [-0.3, -0.25) is 4.79 Å². The third-order valence-corrected chi connectivity index (χ3v) is 7.25. The Bertz CT molecular complexity index is 1490. The lowest BCUT2D eigenvalue weighted by atomic mass is 9.93. The lowest BCUT2D eigenvalue weighted by molar-refractivity contribution is 0.0752. The monoisotopic (exact) mass is 500 g/mol. The number of nitrogens with zero attached hydrogens (tertiary/aromatic N) is 3. The molecule has 0 bridgehead atoms. The van der Waals surface area contributed by atoms with E-state index in [1.54, 1.807) is 6.07 Å². The van der Waals surface area contributed by atoms with E-state index in [4.69, 9.17) is 5.73 Å². The van der Waals surface area contributed by atoms with E-state index in [0.29, 0.717) is 70.6 Å². The Hall–Kier alpha value is -3.84. The molecule has 1 aliphatic heterocycles. The number of amides is 1. The number of nitrogen functional groups attached to an aromatic ring is 1. The molecule has 0 spiro atoms. The van der Waals surface area contributed by atoms with Gasteiger partial charge in [-0.05, 0) is 72.1 Å². The van der Waals surface area contributed by atoms with Crippen LogP contribution in [-0.2, 0) is 26.1 Å². The van der Waals surface area contributed by atoms with E-state index < -0.39 is 11.6 Å². The van der Waals surface area contributed by atoms with Crippen LogP contribution >= 0.6 is 0 Å². The molecule has 0 saturated heterocycles. The maximum Gasteiger partial charge on any atom is 0.255 e. The SMILES string of the molecule is CCc1c(N)nc2ccc(-c3cc(F)c(F)cc3CN(C)CC)cc2c1C(=O)N1Cc2ccccc2C1. The molecule has 0 aliphatic carbocycles. The predicted molar refractivity (Wildman–Crippen MR) is 143 cm³/mol. The summed E-state index contributed by atoms with van der Waals surface area (Å²) in [6.07, 6.45) is 0.540. The normalized spacial score (nSPS) is 13.0. The van der Waals surface area contributed by atoms with Crippen LogP contribution in [0.4, 0.5) is 14.6 Å². The highest BCUT2D eigenvalue weighted by molar-refractivity contribution is 6.09. The zero-order valence-corrected chi connectivity index (χ0v) is 21.3. The van der Waals surface area contributed by atoms with Crippen molar-refractivity contribution in [2.24, 2.45) is 0 Å². The Kier molecular flexibility index (Phi) is 6.65. The minimum absolute atomic E-state index is 0.111. The second-order valence-electron chi connectivity index (χ2n) is 9.62. The summed E-state index contributed by atoms with van der Waals surface area (Å²) in [6, 6.07) is 16.0. The highest BCUT2D eigenvalue weighted by Gasteiger charge is 2.28. The number of anilines is 1. The molecule has 7 heteroatoms. The van der Waals surface area contributed by atoms with Gasteiger partial charge in [-0.15, -0.1) is 0 Å². The van der Waals surface area contributed by atoms with Crippen LogP contribution in [0.5, 0.6) is 0 Å². The number of hydrogen-bond acceptors (Lipinski definition) is 4. The van der Waals surface area contributed by atoms with Gasteiger partial charge in [0, 0.05) is 30.6 Å². The van der Waals surface area contributed by atoms with Crippen LogP contribution in [0.2, 0.25) is 0 Å². The van der Waals surface area contributed by atoms with E-state index >= 15 is 0 Å². The number of halogens is 2. The van der Waals surface area contributed by atoms with Crippen molar-refractivity contribution in [3.05, 3.63) is 94.0 Å². The maximum atomic E-state index is 14.4. The summed E-state index contributed by atoms with van der Waals surface area (Å²) in [5, 5.41) is 0.657. The van der Waals surface area contributed by atoms with E-state index in [1.165, 1.54) is 12.1 Å². The van der Waals surface area contributed by atoms with Crippen LogP contribution < -0.4 is 5.73 Å². The number of benzene rings is 3. The fourth-order valence-electron chi connectivity index (χ4n) is 5.12. The van der Waals surface area contributed by atoms with Gasteiger partial charge < -0.3 is 15.5 Å². The van der Waals surface area contributed by atoms with E-state index in [1.807, 2.05) is 67.1 Å². The van der Waals surface area contributed by atoms with Gasteiger partial charge in [-0.2, -0.15) is 0 Å². The van der Waals surface area contributed by atoms with E-state index in [2.05, 4.69) is 4.98 Å². The second-order valence-corrected chi connectivity index (χ2v) is 9.62. The van der Waals surface area contributed by atoms with Gasteiger partial charge in [0.1, 0.15) is 5.82 Å². The molecule has 0 unspecified atom stereocenters. The summed E-state index contributed by atoms with van der Waals surface area (Å²) in [6.45, 7) is 6.23. The fourth-order valence-corrected chi connectivity index (χ4v) is 5.12. The summed E-state index contributed by atoms with van der Waals surface area (Å²) in [4.78, 5) is 22.4. The van der Waals surface area contributed by atoms with Gasteiger partial charge in [0.15, 0.2) is 11.6 Å². The molecule has 37 heavy (non-hydrogen) atoms. The number of fused-ring (bicyclic) bond motifs is 2. The summed E-state index contributed by atoms with van der Waals surface area (Å²) >= 11 is 0. The second kappa shape index (κ2) is 9.90. The minimum Gasteiger partial charge on any atom is -0.383 e. The number of rotatable bonds is 6. The number of pyridine rings is 1. The first kappa shape index (κ1) is 24.8. The molecule has 5 nitrogen and oxygen atoms in total. The Balaban J connectivity index is 1.66. The molecule has 2 heterocycles. The molecule has 190 valence electrons. The fraction of sp³-hybridized carbons (Fsp3) is 0.267. The molecule has 0 saturated carbocycles. The average Bonchev–Trinajstić information content (AvgIpc) is 3.33. The standard InChI is InChI=1S/C30H30F2N4O/c1-4-22-28(30(37)36-16-19-8-6-7-9-20(19)17-36)24-12-18(10-11-27(24)34-29(22)33)23-14-26(32)25(31)13-21(23)15-35(3)5-2/h6-14H,4-5,15-17H2,1-3H3,(H2,33,34). The first-order chi connectivity index (χ1) is 17.8. The summed E-state index contributed by atoms with van der Waals surface area (Å²) in [7, 11) is 1.93. The Morgan fingerprint density at radius 1 is 1.03 bits per heavy atom. The Labute approximate surface area is 215 Å². The van der Waals surface area contributed by atoms with Crippen LogP contribution in [0.15, 0.2) is 54.6 Å². The van der Waals surface area contributed by atoms with Crippen molar-refractivity contribution in [2.45, 2.75) is 39.9 Å². The third-order valence-electron chi connectivity index (χ3n) is 7.25. The molecule has 2 N–H and O–H groups in total. The maximum absolute atomic E-state index is 14.4. The number of carbonyl (C=O) groups excluding carboxylic acids is 1. The molecule has 5 rings (SSSR count). The molecule has 1 aromatic heterocycles. The largest absolute Gasteiger partial charge is 0.383 e. The summed E-state index contributed by atoms with van der Waals surface area (Å²) in [5.41, 5.74) is 12.3. The lowest BCUT2D eigenvalue weighted by Crippen LogP contribution is -2.27. The van der Waals surface area contributed by atoms with Gasteiger partial charge in [-0.1, -0.05) is 44.2 Å². The van der Waals surface area contributed by atoms with Crippen molar-refractivity contribution in [2.75, 3.05) is 19.3 Å². The lowest BCUT2D eigenvalue weighted by Gasteiger charge is -2.21. The predicted octanol–water partition coefficient (Wildman–Crippen LogP) is 5.93. The van der Waals surface area contributed by atoms with Gasteiger partial charge in [-0.25, -0.2) is 13.8 Å². The topological polar surface area (TPSA) is 62.5 Å². The number of hydrogen-bond donors (Lipinski definition) is 1. The molecule has 3 aromatic carbocycles. The van der Waals surface area contributed by atoms with Crippen molar-refractivity contribution in [3.63, 3.8) is 0 Å². The van der Waals surface area contributed by atoms with Gasteiger partial charge in [0.25, 0.3) is 5.91 Å². The van der Waals surface area contributed by atoms with Crippen LogP contribution in [0.1, 0.15) is 46.5 Å². The van der Waals surface area contributed by atoms with Crippen molar-refractivity contribution >= 4 is 22.6 Å². The Morgan fingerprint density at radius 2 is 1.70 bits per heavy atom. The smallest absolute Gasteiger partial charge is 0.255 e. The van der Waals surface area contributed by atoms with Crippen molar-refractivity contribution in [3.8, 4) is 11.1 Å². The van der Waals surface area contributed by atoms with Crippen molar-refractivity contribution in [1.82, 2.24) is 14.8 Å². The summed E-state index contributed by atoms with van der Waals surface area (Å²) < 4.78 is 28.6. The molecule has 4 aromatic rings. The minimum atomic E-state index is -0.909. The van der Waals surface area contributed by atoms with Gasteiger partial charge in [0.2, 0.25) is 0 Å². The van der Waals surface area contributed by atoms with Crippen LogP contribution in [0, 0.1) is 11.6 Å². The number of aromatic nitrogens is 1. The van der Waals surface area contributed by atoms with E-state index in [0.717, 1.165) is 17.7 Å². The molecule has 0 radical (unpaired) electrons. The number of carbonyl (C=O) groups is 1. The van der Waals surface area contributed by atoms with Crippen LogP contribution in [0.3, 0.4) is 0 Å². The van der Waals surface area contributed by atoms with Crippen LogP contribution in [0.25, 0.3) is 22.0 Å². The zero-order chi connectivity index (χ0) is 26.3. The molecule has 0 atom stereocenters. The molecule has 1 aliphatic rings. The van der Waals surface area contributed by atoms with Crippen molar-refractivity contribution < 1.29 is 13.6 Å². The molecule has 0 fully saturated rings. The highest BCUT2D eigenvalue weighted by Crippen LogP contribution is 2.35. The Morgan fingerprint density at radius 3 is 2.35 bits per heavy atom. The first-order valence-corrected chi connectivity index (χ1v) is 12.6. The first-order valence-electron chi connectivity index (χ1n) is 12.6. The van der Waals surface area contributed by atoms with Gasteiger partial charge in [0.05, 0.1) is 11.1 Å². The molecular weight excluding hydrogens is 470 g/mol. The number of nitrogens with two attached hydrogens (primary N) is 1. The average molecular weight is 501 g/mol. The highest BCUT2D eigenvalue weighted by atomic mass is 19.2. The molecular formula is C30H30F2N4O. The van der Waals surface area contributed by atoms with Crippen molar-refractivity contribution in [1.29, 1.82) is 0 Å². The van der Waals surface area contributed by atoms with E-state index in [9.17, 15) is 13.6 Å². The summed E-state index contributed by atoms with van der Waals surface area (Å²) in [5.74, 6) is -1.56. The van der Waals surface area contributed by atoms with E-state index in [-0.39, 0.29) is 5.91 Å². The zero-order valence-electron chi connectivity index (χ0n) is 21.3. The van der Waals surface area contributed by atoms with Gasteiger partial charge >= 0.3 is 0 Å². The van der Waals surface area contributed by atoms with Crippen LogP contribution in [-0.4, -0.2) is 34.3 Å². The third kappa shape index (κ3) is 4.55. The quantitative estimate of drug-likeness (QED) is 0.356.